The summed E-state index contributed by atoms with van der Waals surface area (Å²) in [6, 6.07) is 9.96. The Labute approximate surface area is 149 Å². The van der Waals surface area contributed by atoms with Gasteiger partial charge in [-0.05, 0) is 48.9 Å². The second-order valence-corrected chi connectivity index (χ2v) is 7.41. The van der Waals surface area contributed by atoms with E-state index in [1.807, 2.05) is 36.5 Å². The van der Waals surface area contributed by atoms with Crippen LogP contribution in [0.25, 0.3) is 10.9 Å². The van der Waals surface area contributed by atoms with E-state index < -0.39 is 0 Å². The Balaban J connectivity index is 1.29. The van der Waals surface area contributed by atoms with Gasteiger partial charge in [0.05, 0.1) is 4.88 Å². The minimum Gasteiger partial charge on any atom is -0.361 e. The SMILES string of the molecule is O=C(CCc1c[nH]c2ccccc12)NNC(=O)c1cc2c(s1)CCC2. The molecule has 0 radical (unpaired) electrons. The van der Waals surface area contributed by atoms with Crippen LogP contribution < -0.4 is 10.9 Å². The van der Waals surface area contributed by atoms with E-state index in [0.717, 1.165) is 29.3 Å². The zero-order chi connectivity index (χ0) is 17.2. The quantitative estimate of drug-likeness (QED) is 0.631. The lowest BCUT2D eigenvalue weighted by Gasteiger charge is -2.06. The molecular weight excluding hydrogens is 334 g/mol. The number of para-hydroxylation sites is 1. The highest BCUT2D eigenvalue weighted by molar-refractivity contribution is 7.14. The van der Waals surface area contributed by atoms with Crippen LogP contribution in [0.2, 0.25) is 0 Å². The van der Waals surface area contributed by atoms with Gasteiger partial charge in [-0.1, -0.05) is 18.2 Å². The molecule has 6 heteroatoms. The first-order chi connectivity index (χ1) is 12.2. The van der Waals surface area contributed by atoms with Crippen molar-refractivity contribution in [2.75, 3.05) is 0 Å². The van der Waals surface area contributed by atoms with E-state index >= 15 is 0 Å². The molecule has 1 aromatic carbocycles. The molecule has 3 aromatic rings. The van der Waals surface area contributed by atoms with Gasteiger partial charge in [0.2, 0.25) is 5.91 Å². The van der Waals surface area contributed by atoms with Crippen LogP contribution in [0.15, 0.2) is 36.5 Å². The van der Waals surface area contributed by atoms with E-state index in [4.69, 9.17) is 0 Å². The van der Waals surface area contributed by atoms with Crippen molar-refractivity contribution in [3.63, 3.8) is 0 Å². The van der Waals surface area contributed by atoms with Gasteiger partial charge in [-0.15, -0.1) is 11.3 Å². The molecule has 0 saturated heterocycles. The molecule has 0 unspecified atom stereocenters. The number of fused-ring (bicyclic) bond motifs is 2. The van der Waals surface area contributed by atoms with E-state index in [1.165, 1.54) is 28.2 Å². The molecule has 2 heterocycles. The molecule has 0 bridgehead atoms. The van der Waals surface area contributed by atoms with Gasteiger partial charge in [-0.25, -0.2) is 0 Å². The maximum Gasteiger partial charge on any atom is 0.279 e. The number of aromatic nitrogens is 1. The zero-order valence-corrected chi connectivity index (χ0v) is 14.5. The second kappa shape index (κ2) is 6.72. The summed E-state index contributed by atoms with van der Waals surface area (Å²) in [5, 5.41) is 1.13. The largest absolute Gasteiger partial charge is 0.361 e. The van der Waals surface area contributed by atoms with Crippen molar-refractivity contribution in [2.24, 2.45) is 0 Å². The number of carbonyl (C=O) groups is 2. The first-order valence-corrected chi connectivity index (χ1v) is 9.28. The fraction of sp³-hybridized carbons (Fsp3) is 0.263. The normalized spacial score (nSPS) is 13.0. The predicted molar refractivity (Wildman–Crippen MR) is 98.6 cm³/mol. The first-order valence-electron chi connectivity index (χ1n) is 8.46. The standard InChI is InChI=1S/C19H19N3O2S/c23-18(9-8-13-11-20-15-6-2-1-5-14(13)15)21-22-19(24)17-10-12-4-3-7-16(12)25-17/h1-2,5-6,10-11,20H,3-4,7-9H2,(H,21,23)(H,22,24). The summed E-state index contributed by atoms with van der Waals surface area (Å²) < 4.78 is 0. The summed E-state index contributed by atoms with van der Waals surface area (Å²) in [7, 11) is 0. The van der Waals surface area contributed by atoms with Crippen LogP contribution in [0.5, 0.6) is 0 Å². The molecule has 0 fully saturated rings. The van der Waals surface area contributed by atoms with Crippen molar-refractivity contribution >= 4 is 34.1 Å². The van der Waals surface area contributed by atoms with Gasteiger partial charge in [0.25, 0.3) is 5.91 Å². The summed E-state index contributed by atoms with van der Waals surface area (Å²) >= 11 is 1.53. The molecule has 0 atom stereocenters. The molecule has 128 valence electrons. The summed E-state index contributed by atoms with van der Waals surface area (Å²) in [5.74, 6) is -0.428. The average molecular weight is 353 g/mol. The molecule has 1 aliphatic rings. The van der Waals surface area contributed by atoms with Crippen LogP contribution in [0, 0.1) is 0 Å². The summed E-state index contributed by atoms with van der Waals surface area (Å²) in [6.45, 7) is 0. The smallest absolute Gasteiger partial charge is 0.279 e. The summed E-state index contributed by atoms with van der Waals surface area (Å²) in [6.07, 6.45) is 6.17. The minimum absolute atomic E-state index is 0.192. The van der Waals surface area contributed by atoms with Crippen LogP contribution in [-0.2, 0) is 24.1 Å². The highest BCUT2D eigenvalue weighted by Gasteiger charge is 2.18. The third-order valence-corrected chi connectivity index (χ3v) is 5.82. The highest BCUT2D eigenvalue weighted by Crippen LogP contribution is 2.30. The van der Waals surface area contributed by atoms with Crippen LogP contribution in [-0.4, -0.2) is 16.8 Å². The Morgan fingerprint density at radius 3 is 2.92 bits per heavy atom. The van der Waals surface area contributed by atoms with Crippen molar-refractivity contribution < 1.29 is 9.59 Å². The molecule has 0 spiro atoms. The third kappa shape index (κ3) is 3.30. The number of amides is 2. The Morgan fingerprint density at radius 1 is 1.16 bits per heavy atom. The summed E-state index contributed by atoms with van der Waals surface area (Å²) in [5.41, 5.74) is 8.48. The lowest BCUT2D eigenvalue weighted by molar-refractivity contribution is -0.121. The number of hydrazine groups is 1. The van der Waals surface area contributed by atoms with Gasteiger partial charge in [0.1, 0.15) is 0 Å². The number of H-pyrrole nitrogens is 1. The number of hydrogen-bond acceptors (Lipinski definition) is 3. The van der Waals surface area contributed by atoms with Crippen LogP contribution >= 0.6 is 11.3 Å². The summed E-state index contributed by atoms with van der Waals surface area (Å²) in [4.78, 5) is 29.3. The first kappa shape index (κ1) is 15.9. The number of thiophene rings is 1. The van der Waals surface area contributed by atoms with Crippen molar-refractivity contribution in [2.45, 2.75) is 32.1 Å². The minimum atomic E-state index is -0.236. The topological polar surface area (TPSA) is 74.0 Å². The molecular formula is C19H19N3O2S. The van der Waals surface area contributed by atoms with Gasteiger partial charge >= 0.3 is 0 Å². The molecule has 2 aromatic heterocycles. The second-order valence-electron chi connectivity index (χ2n) is 6.27. The molecule has 1 aliphatic carbocycles. The number of benzene rings is 1. The van der Waals surface area contributed by atoms with E-state index in [1.54, 1.807) is 0 Å². The Bertz CT molecular complexity index is 920. The van der Waals surface area contributed by atoms with E-state index in [9.17, 15) is 9.59 Å². The van der Waals surface area contributed by atoms with E-state index in [0.29, 0.717) is 17.7 Å². The zero-order valence-electron chi connectivity index (χ0n) is 13.7. The Kier molecular flexibility index (Phi) is 4.28. The number of nitrogens with one attached hydrogen (secondary N) is 3. The number of carbonyl (C=O) groups excluding carboxylic acids is 2. The maximum atomic E-state index is 12.1. The number of rotatable bonds is 4. The maximum absolute atomic E-state index is 12.1. The molecule has 5 nitrogen and oxygen atoms in total. The van der Waals surface area contributed by atoms with Crippen molar-refractivity contribution in [1.82, 2.24) is 15.8 Å². The molecule has 2 amide bonds. The lowest BCUT2D eigenvalue weighted by atomic mass is 10.1. The van der Waals surface area contributed by atoms with Crippen LogP contribution in [0.4, 0.5) is 0 Å². The molecule has 25 heavy (non-hydrogen) atoms. The highest BCUT2D eigenvalue weighted by atomic mass is 32.1. The fourth-order valence-electron chi connectivity index (χ4n) is 3.28. The van der Waals surface area contributed by atoms with Gasteiger partial charge < -0.3 is 4.98 Å². The molecule has 0 saturated carbocycles. The number of hydrogen-bond donors (Lipinski definition) is 3. The third-order valence-electron chi connectivity index (χ3n) is 4.58. The number of aryl methyl sites for hydroxylation is 3. The van der Waals surface area contributed by atoms with Gasteiger partial charge in [-0.2, -0.15) is 0 Å². The van der Waals surface area contributed by atoms with Crippen LogP contribution in [0.3, 0.4) is 0 Å². The lowest BCUT2D eigenvalue weighted by Crippen LogP contribution is -2.41. The molecule has 0 aliphatic heterocycles. The molecule has 4 rings (SSSR count). The number of aromatic amines is 1. The van der Waals surface area contributed by atoms with E-state index in [2.05, 4.69) is 15.8 Å². The average Bonchev–Trinajstić information content (AvgIpc) is 3.32. The van der Waals surface area contributed by atoms with Crippen LogP contribution in [0.1, 0.15) is 38.5 Å². The van der Waals surface area contributed by atoms with Crippen molar-refractivity contribution in [3.8, 4) is 0 Å². The van der Waals surface area contributed by atoms with Gasteiger partial charge in [0, 0.05) is 28.4 Å². The van der Waals surface area contributed by atoms with Crippen molar-refractivity contribution in [3.05, 3.63) is 57.4 Å². The van der Waals surface area contributed by atoms with E-state index in [-0.39, 0.29) is 11.8 Å². The van der Waals surface area contributed by atoms with Crippen molar-refractivity contribution in [1.29, 1.82) is 0 Å². The Hall–Kier alpha value is -2.60. The Morgan fingerprint density at radius 2 is 2.04 bits per heavy atom. The fourth-order valence-corrected chi connectivity index (χ4v) is 4.43. The predicted octanol–water partition coefficient (Wildman–Crippen LogP) is 3.11. The molecule has 3 N–H and O–H groups in total. The van der Waals surface area contributed by atoms with Gasteiger partial charge in [0.15, 0.2) is 0 Å². The van der Waals surface area contributed by atoms with Gasteiger partial charge in [-0.3, -0.25) is 20.4 Å². The monoisotopic (exact) mass is 353 g/mol.